The van der Waals surface area contributed by atoms with Crippen LogP contribution in [0.2, 0.25) is 5.02 Å². The van der Waals surface area contributed by atoms with Gasteiger partial charge in [-0.05, 0) is 56.2 Å². The van der Waals surface area contributed by atoms with Gasteiger partial charge < -0.3 is 14.4 Å². The molecule has 0 aliphatic carbocycles. The lowest BCUT2D eigenvalue weighted by Crippen LogP contribution is -2.41. The number of carbonyl (C=O) groups excluding carboxylic acids is 2. The number of halogens is 1. The van der Waals surface area contributed by atoms with Gasteiger partial charge in [0.15, 0.2) is 6.61 Å². The molecule has 0 saturated carbocycles. The van der Waals surface area contributed by atoms with Gasteiger partial charge in [-0.25, -0.2) is 0 Å². The summed E-state index contributed by atoms with van der Waals surface area (Å²) >= 11 is 6.01. The number of fused-ring (bicyclic) bond motifs is 1. The Morgan fingerprint density at radius 2 is 1.96 bits per heavy atom. The van der Waals surface area contributed by atoms with E-state index in [9.17, 15) is 9.59 Å². The second-order valence-electron chi connectivity index (χ2n) is 6.76. The molecule has 0 radical (unpaired) electrons. The number of amides is 1. The van der Waals surface area contributed by atoms with Crippen LogP contribution in [0.15, 0.2) is 48.5 Å². The average Bonchev–Trinajstić information content (AvgIpc) is 2.66. The molecule has 142 valence electrons. The fourth-order valence-corrected chi connectivity index (χ4v) is 3.35. The van der Waals surface area contributed by atoms with Crippen molar-refractivity contribution in [2.45, 2.75) is 26.3 Å². The van der Waals surface area contributed by atoms with Crippen LogP contribution in [0.1, 0.15) is 19.4 Å². The van der Waals surface area contributed by atoms with Crippen LogP contribution in [0.3, 0.4) is 0 Å². The fourth-order valence-electron chi connectivity index (χ4n) is 3.15. The minimum atomic E-state index is -0.451. The minimum absolute atomic E-state index is 0.0503. The van der Waals surface area contributed by atoms with E-state index in [0.717, 1.165) is 17.0 Å². The van der Waals surface area contributed by atoms with Crippen molar-refractivity contribution < 1.29 is 19.1 Å². The van der Waals surface area contributed by atoms with Crippen LogP contribution < -0.4 is 9.64 Å². The number of carbonyl (C=O) groups is 2. The molecule has 0 unspecified atom stereocenters. The summed E-state index contributed by atoms with van der Waals surface area (Å²) < 4.78 is 10.9. The van der Waals surface area contributed by atoms with E-state index in [1.807, 2.05) is 44.2 Å². The normalized spacial score (nSPS) is 15.6. The van der Waals surface area contributed by atoms with Gasteiger partial charge in [-0.1, -0.05) is 29.8 Å². The van der Waals surface area contributed by atoms with Crippen molar-refractivity contribution in [3.63, 3.8) is 0 Å². The molecule has 1 heterocycles. The Morgan fingerprint density at radius 3 is 2.67 bits per heavy atom. The number of hydrogen-bond acceptors (Lipinski definition) is 4. The Bertz CT molecular complexity index is 822. The fraction of sp³-hybridized carbons (Fsp3) is 0.333. The number of para-hydroxylation sites is 1. The van der Waals surface area contributed by atoms with E-state index in [-0.39, 0.29) is 25.2 Å². The molecule has 1 aliphatic heterocycles. The number of anilines is 1. The molecule has 5 nitrogen and oxygen atoms in total. The van der Waals surface area contributed by atoms with Crippen molar-refractivity contribution in [3.8, 4) is 5.75 Å². The van der Waals surface area contributed by atoms with Crippen LogP contribution in [0.25, 0.3) is 0 Å². The molecule has 27 heavy (non-hydrogen) atoms. The second kappa shape index (κ2) is 8.44. The van der Waals surface area contributed by atoms with Crippen molar-refractivity contribution in [2.24, 2.45) is 5.92 Å². The maximum absolute atomic E-state index is 12.6. The second-order valence-corrected chi connectivity index (χ2v) is 7.20. The zero-order valence-electron chi connectivity index (χ0n) is 15.4. The summed E-state index contributed by atoms with van der Waals surface area (Å²) in [6.07, 6.45) is 0.482. The first-order valence-electron chi connectivity index (χ1n) is 8.90. The van der Waals surface area contributed by atoms with E-state index in [2.05, 4.69) is 0 Å². The minimum Gasteiger partial charge on any atom is -0.492 e. The number of ether oxygens (including phenoxy) is 2. The Balaban J connectivity index is 1.61. The van der Waals surface area contributed by atoms with E-state index in [0.29, 0.717) is 11.4 Å². The molecule has 0 bridgehead atoms. The monoisotopic (exact) mass is 387 g/mol. The summed E-state index contributed by atoms with van der Waals surface area (Å²) in [6, 6.07) is 14.6. The molecule has 2 aromatic carbocycles. The first kappa shape index (κ1) is 19.2. The SMILES string of the molecule is CC(C)N(C(=O)COC(=O)[C@H]1COc2ccc(Cl)cc2C1)c1ccccc1. The molecule has 1 amide bonds. The molecule has 0 N–H and O–H groups in total. The molecular formula is C21H22ClNO4. The molecule has 0 spiro atoms. The van der Waals surface area contributed by atoms with Crippen molar-refractivity contribution >= 4 is 29.2 Å². The third-order valence-electron chi connectivity index (χ3n) is 4.42. The quantitative estimate of drug-likeness (QED) is 0.730. The molecule has 0 fully saturated rings. The lowest BCUT2D eigenvalue weighted by Gasteiger charge is -2.27. The van der Waals surface area contributed by atoms with Crippen LogP contribution >= 0.6 is 11.6 Å². The van der Waals surface area contributed by atoms with Crippen LogP contribution in [-0.4, -0.2) is 31.1 Å². The molecule has 1 atom stereocenters. The topological polar surface area (TPSA) is 55.8 Å². The molecule has 0 aromatic heterocycles. The third kappa shape index (κ3) is 4.61. The first-order valence-corrected chi connectivity index (χ1v) is 9.28. The lowest BCUT2D eigenvalue weighted by atomic mass is 9.97. The number of rotatable bonds is 5. The summed E-state index contributed by atoms with van der Waals surface area (Å²) in [7, 11) is 0. The molecule has 3 rings (SSSR count). The van der Waals surface area contributed by atoms with Gasteiger partial charge in [-0.3, -0.25) is 9.59 Å². The van der Waals surface area contributed by atoms with Crippen LogP contribution in [0.4, 0.5) is 5.69 Å². The third-order valence-corrected chi connectivity index (χ3v) is 4.65. The van der Waals surface area contributed by atoms with Gasteiger partial charge >= 0.3 is 5.97 Å². The van der Waals surface area contributed by atoms with Crippen molar-refractivity contribution in [1.82, 2.24) is 0 Å². The smallest absolute Gasteiger partial charge is 0.313 e. The largest absolute Gasteiger partial charge is 0.492 e. The summed E-state index contributed by atoms with van der Waals surface area (Å²) in [4.78, 5) is 26.7. The molecule has 1 aliphatic rings. The van der Waals surface area contributed by atoms with Gasteiger partial charge in [0, 0.05) is 16.8 Å². The van der Waals surface area contributed by atoms with E-state index in [1.54, 1.807) is 23.1 Å². The lowest BCUT2D eigenvalue weighted by molar-refractivity contribution is -0.153. The standard InChI is InChI=1S/C21H22ClNO4/c1-14(2)23(18-6-4-3-5-7-18)20(24)13-27-21(25)16-10-15-11-17(22)8-9-19(15)26-12-16/h3-9,11,14,16H,10,12-13H2,1-2H3/t16-/m1/s1. The van der Waals surface area contributed by atoms with Crippen LogP contribution in [0.5, 0.6) is 5.75 Å². The highest BCUT2D eigenvalue weighted by Crippen LogP contribution is 2.30. The predicted molar refractivity (Wildman–Crippen MR) is 104 cm³/mol. The van der Waals surface area contributed by atoms with Gasteiger partial charge in [-0.15, -0.1) is 0 Å². The zero-order chi connectivity index (χ0) is 19.4. The Morgan fingerprint density at radius 1 is 1.22 bits per heavy atom. The Kier molecular flexibility index (Phi) is 6.01. The number of hydrogen-bond donors (Lipinski definition) is 0. The van der Waals surface area contributed by atoms with E-state index in [1.165, 1.54) is 0 Å². The van der Waals surface area contributed by atoms with E-state index < -0.39 is 11.9 Å². The maximum Gasteiger partial charge on any atom is 0.313 e. The van der Waals surface area contributed by atoms with Gasteiger partial charge in [0.2, 0.25) is 0 Å². The molecule has 0 saturated heterocycles. The average molecular weight is 388 g/mol. The van der Waals surface area contributed by atoms with Crippen molar-refractivity contribution in [1.29, 1.82) is 0 Å². The highest BCUT2D eigenvalue weighted by atomic mass is 35.5. The maximum atomic E-state index is 12.6. The van der Waals surface area contributed by atoms with Crippen LogP contribution in [0, 0.1) is 5.92 Å². The number of nitrogens with zero attached hydrogens (tertiary/aromatic N) is 1. The van der Waals surface area contributed by atoms with Gasteiger partial charge in [0.1, 0.15) is 12.4 Å². The Hall–Kier alpha value is -2.53. The van der Waals surface area contributed by atoms with E-state index in [4.69, 9.17) is 21.1 Å². The predicted octanol–water partition coefficient (Wildman–Crippen LogP) is 3.88. The van der Waals surface area contributed by atoms with Crippen molar-refractivity contribution in [3.05, 3.63) is 59.1 Å². The summed E-state index contributed by atoms with van der Waals surface area (Å²) in [6.45, 7) is 3.77. The summed E-state index contributed by atoms with van der Waals surface area (Å²) in [5.41, 5.74) is 1.65. The molecular weight excluding hydrogens is 366 g/mol. The molecule has 6 heteroatoms. The Labute approximate surface area is 163 Å². The van der Waals surface area contributed by atoms with Crippen LogP contribution in [-0.2, 0) is 20.7 Å². The zero-order valence-corrected chi connectivity index (χ0v) is 16.1. The summed E-state index contributed by atoms with van der Waals surface area (Å²) in [5.74, 6) is -0.418. The highest BCUT2D eigenvalue weighted by Gasteiger charge is 2.29. The van der Waals surface area contributed by atoms with E-state index >= 15 is 0 Å². The highest BCUT2D eigenvalue weighted by molar-refractivity contribution is 6.30. The molecule has 2 aromatic rings. The van der Waals surface area contributed by atoms with Gasteiger partial charge in [-0.2, -0.15) is 0 Å². The number of benzene rings is 2. The van der Waals surface area contributed by atoms with Crippen molar-refractivity contribution in [2.75, 3.05) is 18.1 Å². The first-order chi connectivity index (χ1) is 13.0. The van der Waals surface area contributed by atoms with Gasteiger partial charge in [0.25, 0.3) is 5.91 Å². The van der Waals surface area contributed by atoms with Gasteiger partial charge in [0.05, 0.1) is 5.92 Å². The number of esters is 1. The summed E-state index contributed by atoms with van der Waals surface area (Å²) in [5, 5.41) is 0.594.